The third kappa shape index (κ3) is 2.96. The summed E-state index contributed by atoms with van der Waals surface area (Å²) in [5.74, 6) is 1.76. The number of aromatic amines is 1. The van der Waals surface area contributed by atoms with Crippen molar-refractivity contribution in [3.05, 3.63) is 54.6 Å². The van der Waals surface area contributed by atoms with Crippen LogP contribution < -0.4 is 10.2 Å². The second-order valence-electron chi connectivity index (χ2n) is 7.21. The predicted molar refractivity (Wildman–Crippen MR) is 109 cm³/mol. The first-order valence-electron chi connectivity index (χ1n) is 8.97. The van der Waals surface area contributed by atoms with Crippen molar-refractivity contribution in [2.45, 2.75) is 6.42 Å². The van der Waals surface area contributed by atoms with Crippen LogP contribution in [0.25, 0.3) is 33.3 Å². The molecule has 0 radical (unpaired) electrons. The molecule has 0 atom stereocenters. The maximum atomic E-state index is 5.74. The fourth-order valence-corrected chi connectivity index (χ4v) is 3.43. The van der Waals surface area contributed by atoms with Crippen LogP contribution in [0.4, 0.5) is 5.82 Å². The summed E-state index contributed by atoms with van der Waals surface area (Å²) >= 11 is 0. The first-order valence-corrected chi connectivity index (χ1v) is 8.97. The van der Waals surface area contributed by atoms with Crippen molar-refractivity contribution in [1.82, 2.24) is 19.4 Å². The van der Waals surface area contributed by atoms with Crippen molar-refractivity contribution in [1.29, 1.82) is 0 Å². The first kappa shape index (κ1) is 16.7. The van der Waals surface area contributed by atoms with Crippen LogP contribution in [0.15, 0.2) is 54.6 Å². The van der Waals surface area contributed by atoms with E-state index in [2.05, 4.69) is 49.4 Å². The molecule has 0 saturated heterocycles. The zero-order valence-corrected chi connectivity index (χ0v) is 15.2. The van der Waals surface area contributed by atoms with Crippen LogP contribution in [0.2, 0.25) is 0 Å². The molecular weight excluding hydrogens is 322 g/mol. The van der Waals surface area contributed by atoms with Crippen molar-refractivity contribution in [2.75, 3.05) is 27.2 Å². The lowest BCUT2D eigenvalue weighted by Crippen LogP contribution is -2.43. The van der Waals surface area contributed by atoms with Crippen LogP contribution in [-0.2, 0) is 0 Å². The topological polar surface area (TPSA) is 67.6 Å². The molecule has 2 aromatic carbocycles. The van der Waals surface area contributed by atoms with Crippen molar-refractivity contribution in [2.24, 2.45) is 5.73 Å². The summed E-state index contributed by atoms with van der Waals surface area (Å²) < 4.78 is 0.674. The van der Waals surface area contributed by atoms with E-state index in [1.54, 1.807) is 0 Å². The lowest BCUT2D eigenvalue weighted by atomic mass is 10.2. The van der Waals surface area contributed by atoms with E-state index in [4.69, 9.17) is 15.7 Å². The van der Waals surface area contributed by atoms with Gasteiger partial charge < -0.3 is 10.7 Å². The third-order valence-corrected chi connectivity index (χ3v) is 4.85. The monoisotopic (exact) mass is 346 g/mol. The second-order valence-corrected chi connectivity index (χ2v) is 7.21. The molecule has 0 aliphatic rings. The average molecular weight is 346 g/mol. The van der Waals surface area contributed by atoms with Crippen molar-refractivity contribution < 1.29 is 0 Å². The highest BCUT2D eigenvalue weighted by atomic mass is 15.4. The molecule has 5 nitrogen and oxygen atoms in total. The molecule has 0 unspecified atom stereocenters. The number of nitrogens with zero attached hydrogens (tertiary/aromatic N) is 3. The summed E-state index contributed by atoms with van der Waals surface area (Å²) in [5.41, 5.74) is 8.74. The van der Waals surface area contributed by atoms with Crippen LogP contribution in [0.3, 0.4) is 0 Å². The number of H-pyrrole nitrogens is 1. The van der Waals surface area contributed by atoms with E-state index in [9.17, 15) is 0 Å². The third-order valence-electron chi connectivity index (χ3n) is 4.85. The van der Waals surface area contributed by atoms with Crippen LogP contribution in [0, 0.1) is 0 Å². The number of quaternary nitrogens is 1. The number of para-hydroxylation sites is 2. The van der Waals surface area contributed by atoms with Gasteiger partial charge in [0.05, 0.1) is 37.2 Å². The van der Waals surface area contributed by atoms with Crippen LogP contribution in [0.5, 0.6) is 0 Å². The molecule has 4 rings (SSSR count). The summed E-state index contributed by atoms with van der Waals surface area (Å²) in [6.07, 6.45) is 0.951. The van der Waals surface area contributed by atoms with Gasteiger partial charge in [-0.25, -0.2) is 4.98 Å². The van der Waals surface area contributed by atoms with Gasteiger partial charge in [-0.15, -0.1) is 0 Å². The Bertz CT molecular complexity index is 1030. The van der Waals surface area contributed by atoms with Gasteiger partial charge in [0.15, 0.2) is 5.82 Å². The molecule has 0 aliphatic heterocycles. The molecule has 0 saturated carbocycles. The molecule has 0 amide bonds. The van der Waals surface area contributed by atoms with E-state index >= 15 is 0 Å². The predicted octanol–water partition coefficient (Wildman–Crippen LogP) is 3.69. The Labute approximate surface area is 153 Å². The number of aromatic nitrogens is 3. The summed E-state index contributed by atoms with van der Waals surface area (Å²) in [5, 5.41) is 2.26. The molecule has 3 N–H and O–H groups in total. The summed E-state index contributed by atoms with van der Waals surface area (Å²) in [7, 11) is 4.36. The molecule has 4 aromatic rings. The number of fused-ring (bicyclic) bond motifs is 2. The number of nitrogens with one attached hydrogen (secondary N) is 1. The highest BCUT2D eigenvalue weighted by Gasteiger charge is 2.25. The molecule has 2 heterocycles. The maximum absolute atomic E-state index is 5.74. The van der Waals surface area contributed by atoms with Crippen molar-refractivity contribution >= 4 is 27.6 Å². The molecule has 2 aromatic heterocycles. The number of rotatable bonds is 5. The summed E-state index contributed by atoms with van der Waals surface area (Å²) in [6.45, 7) is 1.61. The molecule has 5 heteroatoms. The van der Waals surface area contributed by atoms with Crippen LogP contribution >= 0.6 is 0 Å². The lowest BCUT2D eigenvalue weighted by Gasteiger charge is -2.29. The Hall–Kier alpha value is -2.76. The van der Waals surface area contributed by atoms with Crippen molar-refractivity contribution in [3.63, 3.8) is 0 Å². The van der Waals surface area contributed by atoms with E-state index in [1.165, 1.54) is 0 Å². The van der Waals surface area contributed by atoms with Gasteiger partial charge in [-0.3, -0.25) is 4.48 Å². The number of hydrogen-bond donors (Lipinski definition) is 2. The fourth-order valence-electron chi connectivity index (χ4n) is 3.43. The lowest BCUT2D eigenvalue weighted by molar-refractivity contribution is 0.386. The van der Waals surface area contributed by atoms with Crippen LogP contribution in [0.1, 0.15) is 6.42 Å². The maximum Gasteiger partial charge on any atom is 0.238 e. The Kier molecular flexibility index (Phi) is 4.18. The minimum atomic E-state index is 0.674. The van der Waals surface area contributed by atoms with E-state index < -0.39 is 0 Å². The highest BCUT2D eigenvalue weighted by Crippen LogP contribution is 2.30. The van der Waals surface area contributed by atoms with Crippen molar-refractivity contribution in [3.8, 4) is 11.5 Å². The summed E-state index contributed by atoms with van der Waals surface area (Å²) in [4.78, 5) is 13.2. The smallest absolute Gasteiger partial charge is 0.238 e. The first-order chi connectivity index (χ1) is 12.6. The van der Waals surface area contributed by atoms with Gasteiger partial charge in [0.1, 0.15) is 0 Å². The normalized spacial score (nSPS) is 12.1. The van der Waals surface area contributed by atoms with Gasteiger partial charge in [-0.05, 0) is 30.8 Å². The highest BCUT2D eigenvalue weighted by molar-refractivity contribution is 5.91. The molecule has 0 spiro atoms. The largest absolute Gasteiger partial charge is 0.352 e. The molecule has 0 bridgehead atoms. The van der Waals surface area contributed by atoms with Gasteiger partial charge in [0.2, 0.25) is 5.82 Å². The SMILES string of the molecule is C[N+](C)(CCCN)c1nc(-c2cc3ccccc3[nH]2)nc2ccccc12. The molecule has 0 fully saturated rings. The Morgan fingerprint density at radius 2 is 1.77 bits per heavy atom. The summed E-state index contributed by atoms with van der Waals surface area (Å²) in [6, 6.07) is 18.6. The molecular formula is C21H24N5+. The Morgan fingerprint density at radius 1 is 1.00 bits per heavy atom. The van der Waals surface area contributed by atoms with Crippen LogP contribution in [-0.4, -0.2) is 42.1 Å². The van der Waals surface area contributed by atoms with Gasteiger partial charge in [0, 0.05) is 17.3 Å². The van der Waals surface area contributed by atoms with Gasteiger partial charge in [-0.1, -0.05) is 30.3 Å². The second kappa shape index (κ2) is 6.52. The Balaban J connectivity index is 1.91. The van der Waals surface area contributed by atoms with Gasteiger partial charge >= 0.3 is 0 Å². The number of hydrogen-bond acceptors (Lipinski definition) is 3. The fraction of sp³-hybridized carbons (Fsp3) is 0.238. The van der Waals surface area contributed by atoms with Gasteiger partial charge in [-0.2, -0.15) is 4.98 Å². The minimum absolute atomic E-state index is 0.674. The number of benzene rings is 2. The Morgan fingerprint density at radius 3 is 2.58 bits per heavy atom. The van der Waals surface area contributed by atoms with E-state index in [0.29, 0.717) is 11.0 Å². The molecule has 26 heavy (non-hydrogen) atoms. The van der Waals surface area contributed by atoms with E-state index in [-0.39, 0.29) is 0 Å². The van der Waals surface area contributed by atoms with E-state index in [1.807, 2.05) is 24.3 Å². The standard InChI is InChI=1S/C21H24N5/c1-26(2,13-7-12-22)21-16-9-4-6-11-18(16)24-20(25-21)19-14-15-8-3-5-10-17(15)23-19/h3-6,8-11,14,23H,7,12-13,22H2,1-2H3/q+1. The molecule has 0 aliphatic carbocycles. The van der Waals surface area contributed by atoms with E-state index in [0.717, 1.165) is 52.1 Å². The van der Waals surface area contributed by atoms with Gasteiger partial charge in [0.25, 0.3) is 0 Å². The quantitative estimate of drug-likeness (QED) is 0.542. The molecule has 132 valence electrons. The minimum Gasteiger partial charge on any atom is -0.352 e. The average Bonchev–Trinajstić information content (AvgIpc) is 3.10. The number of nitrogens with two attached hydrogens (primary N) is 1. The zero-order chi connectivity index (χ0) is 18.1. The zero-order valence-electron chi connectivity index (χ0n) is 15.2.